The number of ether oxygens (including phenoxy) is 1. The zero-order valence-corrected chi connectivity index (χ0v) is 23.2. The number of rotatable bonds is 13. The van der Waals surface area contributed by atoms with E-state index in [1.54, 1.807) is 24.3 Å². The summed E-state index contributed by atoms with van der Waals surface area (Å²) in [6, 6.07) is 11.5. The summed E-state index contributed by atoms with van der Waals surface area (Å²) in [5.41, 5.74) is 12.0. The second-order valence-corrected chi connectivity index (χ2v) is 10.8. The molecule has 0 saturated carbocycles. The number of aliphatic hydroxyl groups excluding tert-OH is 1. The van der Waals surface area contributed by atoms with Gasteiger partial charge in [-0.05, 0) is 80.7 Å². The first kappa shape index (κ1) is 29.2. The fraction of sp³-hybridized carbons (Fsp3) is 0.333. The molecule has 0 heterocycles. The molecular formula is C30H38N2O5S. The molecule has 3 N–H and O–H groups in total. The Morgan fingerprint density at radius 2 is 1.82 bits per heavy atom. The lowest BCUT2D eigenvalue weighted by molar-refractivity contribution is 0.0649. The maximum atomic E-state index is 12.3. The Bertz CT molecular complexity index is 1310. The predicted molar refractivity (Wildman–Crippen MR) is 153 cm³/mol. The first-order valence-electron chi connectivity index (χ1n) is 12.8. The number of aliphatic hydroxyl groups is 1. The highest BCUT2D eigenvalue weighted by Gasteiger charge is 2.18. The zero-order chi connectivity index (χ0) is 27.7. The molecule has 0 spiro atoms. The SMILES string of the molecule is C=C(/C=C\c1ccc(OCC(O)COS(=O)(=O)c2ccc(C)cc2)cc1N)C1=CC=C(N(CC)CC)CC1. The molecule has 0 amide bonds. The number of benzene rings is 2. The zero-order valence-electron chi connectivity index (χ0n) is 22.4. The largest absolute Gasteiger partial charge is 0.491 e. The molecule has 0 aromatic heterocycles. The van der Waals surface area contributed by atoms with Crippen LogP contribution in [0.1, 0.15) is 37.8 Å². The molecule has 1 aliphatic rings. The fourth-order valence-corrected chi connectivity index (χ4v) is 5.00. The summed E-state index contributed by atoms with van der Waals surface area (Å²) in [6.45, 7) is 11.9. The quantitative estimate of drug-likeness (QED) is 0.204. The van der Waals surface area contributed by atoms with Gasteiger partial charge in [-0.25, -0.2) is 0 Å². The second-order valence-electron chi connectivity index (χ2n) is 9.19. The topological polar surface area (TPSA) is 102 Å². The van der Waals surface area contributed by atoms with E-state index in [0.717, 1.165) is 42.6 Å². The summed E-state index contributed by atoms with van der Waals surface area (Å²) in [5.74, 6) is 0.461. The molecule has 204 valence electrons. The Balaban J connectivity index is 1.51. The number of anilines is 1. The van der Waals surface area contributed by atoms with Crippen molar-refractivity contribution in [1.82, 2.24) is 4.90 Å². The van der Waals surface area contributed by atoms with E-state index in [2.05, 4.69) is 37.5 Å². The summed E-state index contributed by atoms with van der Waals surface area (Å²) in [6.07, 6.45) is 9.03. The number of hydrogen-bond donors (Lipinski definition) is 2. The molecule has 38 heavy (non-hydrogen) atoms. The number of nitrogens with two attached hydrogens (primary N) is 1. The lowest BCUT2D eigenvalue weighted by atomic mass is 9.95. The monoisotopic (exact) mass is 538 g/mol. The van der Waals surface area contributed by atoms with Gasteiger partial charge in [0, 0.05) is 30.5 Å². The van der Waals surface area contributed by atoms with Gasteiger partial charge in [0.1, 0.15) is 18.5 Å². The van der Waals surface area contributed by atoms with E-state index in [-0.39, 0.29) is 11.5 Å². The average molecular weight is 539 g/mol. The maximum absolute atomic E-state index is 12.3. The molecule has 1 atom stereocenters. The van der Waals surface area contributed by atoms with Crippen LogP contribution in [0.5, 0.6) is 5.75 Å². The third kappa shape index (κ3) is 8.08. The average Bonchev–Trinajstić information content (AvgIpc) is 2.91. The molecule has 0 bridgehead atoms. The van der Waals surface area contributed by atoms with Crippen molar-refractivity contribution < 1.29 is 22.4 Å². The highest BCUT2D eigenvalue weighted by Crippen LogP contribution is 2.27. The first-order valence-corrected chi connectivity index (χ1v) is 14.2. The summed E-state index contributed by atoms with van der Waals surface area (Å²) in [5, 5.41) is 10.2. The second kappa shape index (κ2) is 13.5. The molecule has 7 nitrogen and oxygen atoms in total. The fourth-order valence-electron chi connectivity index (χ4n) is 4.06. The van der Waals surface area contributed by atoms with Gasteiger partial charge in [-0.1, -0.05) is 42.5 Å². The van der Waals surface area contributed by atoms with Crippen molar-refractivity contribution >= 4 is 21.9 Å². The number of aryl methyl sites for hydroxylation is 1. The highest BCUT2D eigenvalue weighted by atomic mass is 32.2. The summed E-state index contributed by atoms with van der Waals surface area (Å²) in [4.78, 5) is 2.41. The van der Waals surface area contributed by atoms with E-state index in [0.29, 0.717) is 11.4 Å². The highest BCUT2D eigenvalue weighted by molar-refractivity contribution is 7.86. The summed E-state index contributed by atoms with van der Waals surface area (Å²) >= 11 is 0. The Morgan fingerprint density at radius 1 is 1.11 bits per heavy atom. The van der Waals surface area contributed by atoms with E-state index in [4.69, 9.17) is 14.7 Å². The van der Waals surface area contributed by atoms with Crippen LogP contribution >= 0.6 is 0 Å². The predicted octanol–water partition coefficient (Wildman–Crippen LogP) is 5.24. The lowest BCUT2D eigenvalue weighted by Crippen LogP contribution is -2.25. The van der Waals surface area contributed by atoms with Crippen LogP contribution in [-0.2, 0) is 14.3 Å². The molecule has 1 aliphatic carbocycles. The maximum Gasteiger partial charge on any atom is 0.297 e. The molecule has 8 heteroatoms. The Morgan fingerprint density at radius 3 is 2.42 bits per heavy atom. The minimum absolute atomic E-state index is 0.0379. The molecule has 0 saturated heterocycles. The molecule has 3 rings (SSSR count). The van der Waals surface area contributed by atoms with Crippen molar-refractivity contribution in [1.29, 1.82) is 0 Å². The number of allylic oxidation sites excluding steroid dienone is 6. The number of nitrogens with zero attached hydrogens (tertiary/aromatic N) is 1. The number of hydrogen-bond acceptors (Lipinski definition) is 7. The van der Waals surface area contributed by atoms with Gasteiger partial charge in [0.25, 0.3) is 10.1 Å². The van der Waals surface area contributed by atoms with Crippen molar-refractivity contribution in [2.24, 2.45) is 0 Å². The van der Waals surface area contributed by atoms with Crippen LogP contribution in [0.25, 0.3) is 6.08 Å². The van der Waals surface area contributed by atoms with Crippen molar-refractivity contribution in [3.63, 3.8) is 0 Å². The molecule has 2 aromatic carbocycles. The smallest absolute Gasteiger partial charge is 0.297 e. The van der Waals surface area contributed by atoms with Gasteiger partial charge in [-0.3, -0.25) is 4.18 Å². The summed E-state index contributed by atoms with van der Waals surface area (Å²) < 4.78 is 35.1. The normalized spacial score (nSPS) is 14.6. The van der Waals surface area contributed by atoms with Crippen molar-refractivity contribution in [3.05, 3.63) is 95.2 Å². The molecular weight excluding hydrogens is 500 g/mol. The van der Waals surface area contributed by atoms with Gasteiger partial charge < -0.3 is 20.5 Å². The molecule has 0 radical (unpaired) electrons. The third-order valence-electron chi connectivity index (χ3n) is 6.40. The summed E-state index contributed by atoms with van der Waals surface area (Å²) in [7, 11) is -3.96. The van der Waals surface area contributed by atoms with Crippen LogP contribution in [-0.4, -0.2) is 50.8 Å². The van der Waals surface area contributed by atoms with Crippen LogP contribution in [0.2, 0.25) is 0 Å². The van der Waals surface area contributed by atoms with Crippen LogP contribution in [0, 0.1) is 6.92 Å². The Hall–Kier alpha value is -3.33. The van der Waals surface area contributed by atoms with Crippen molar-refractivity contribution in [2.75, 3.05) is 32.0 Å². The van der Waals surface area contributed by atoms with Crippen LogP contribution in [0.3, 0.4) is 0 Å². The van der Waals surface area contributed by atoms with Gasteiger partial charge in [-0.2, -0.15) is 8.42 Å². The van der Waals surface area contributed by atoms with Gasteiger partial charge in [-0.15, -0.1) is 0 Å². The van der Waals surface area contributed by atoms with E-state index in [9.17, 15) is 13.5 Å². The van der Waals surface area contributed by atoms with Gasteiger partial charge in [0.05, 0.1) is 11.5 Å². The van der Waals surface area contributed by atoms with Gasteiger partial charge in [0.15, 0.2) is 0 Å². The molecule has 2 aromatic rings. The lowest BCUT2D eigenvalue weighted by Gasteiger charge is -2.27. The van der Waals surface area contributed by atoms with Gasteiger partial charge >= 0.3 is 0 Å². The van der Waals surface area contributed by atoms with E-state index in [1.165, 1.54) is 23.4 Å². The Labute approximate surface area is 226 Å². The van der Waals surface area contributed by atoms with Crippen LogP contribution in [0.4, 0.5) is 5.69 Å². The first-order chi connectivity index (χ1) is 18.1. The van der Waals surface area contributed by atoms with Crippen LogP contribution in [0.15, 0.2) is 89.0 Å². The Kier molecular flexibility index (Phi) is 10.4. The van der Waals surface area contributed by atoms with Gasteiger partial charge in [0.2, 0.25) is 0 Å². The van der Waals surface area contributed by atoms with E-state index < -0.39 is 22.8 Å². The molecule has 0 fully saturated rings. The number of nitrogen functional groups attached to an aromatic ring is 1. The minimum atomic E-state index is -3.96. The van der Waals surface area contributed by atoms with E-state index in [1.807, 2.05) is 25.1 Å². The third-order valence-corrected chi connectivity index (χ3v) is 7.70. The van der Waals surface area contributed by atoms with E-state index >= 15 is 0 Å². The van der Waals surface area contributed by atoms with Crippen molar-refractivity contribution in [3.8, 4) is 5.75 Å². The molecule has 1 unspecified atom stereocenters. The molecule has 0 aliphatic heterocycles. The standard InChI is InChI=1S/C30H38N2O5S/c1-5-32(6-2)26-14-11-24(12-15-26)23(4)9-10-25-13-16-28(19-30(25)31)36-20-27(33)21-37-38(34,35)29-17-7-22(3)8-18-29/h7-11,13-14,16-19,27,33H,4-6,12,15,20-21,31H2,1-3H3/b10-9-. The minimum Gasteiger partial charge on any atom is -0.491 e. The van der Waals surface area contributed by atoms with Crippen molar-refractivity contribution in [2.45, 2.75) is 44.6 Å². The van der Waals surface area contributed by atoms with Crippen LogP contribution < -0.4 is 10.5 Å².